The summed E-state index contributed by atoms with van der Waals surface area (Å²) in [6.07, 6.45) is 1.62. The van der Waals surface area contributed by atoms with Crippen molar-refractivity contribution in [2.75, 3.05) is 5.75 Å². The highest BCUT2D eigenvalue weighted by molar-refractivity contribution is 7.84. The van der Waals surface area contributed by atoms with Crippen molar-refractivity contribution >= 4 is 25.3 Å². The van der Waals surface area contributed by atoms with Crippen molar-refractivity contribution in [1.29, 1.82) is 0 Å². The SMILES string of the molecule is CC(C)(C)c1cc(-c2nnc(C(S)CS)n2-c2ccco2)cc(C(C)(C)C)c1O. The molecule has 1 unspecified atom stereocenters. The zero-order valence-corrected chi connectivity index (χ0v) is 19.6. The normalized spacial score (nSPS) is 13.7. The first-order valence-electron chi connectivity index (χ1n) is 9.61. The second kappa shape index (κ2) is 7.76. The fourth-order valence-electron chi connectivity index (χ4n) is 3.30. The zero-order chi connectivity index (χ0) is 21.6. The Balaban J connectivity index is 2.33. The van der Waals surface area contributed by atoms with Crippen LogP contribution in [-0.2, 0) is 10.8 Å². The van der Waals surface area contributed by atoms with Crippen molar-refractivity contribution in [1.82, 2.24) is 14.8 Å². The molecule has 0 spiro atoms. The summed E-state index contributed by atoms with van der Waals surface area (Å²) >= 11 is 8.98. The fourth-order valence-corrected chi connectivity index (χ4v) is 3.63. The average Bonchev–Trinajstić information content (AvgIpc) is 3.28. The van der Waals surface area contributed by atoms with E-state index in [-0.39, 0.29) is 16.1 Å². The number of thiol groups is 2. The second-order valence-corrected chi connectivity index (χ2v) is 10.3. The van der Waals surface area contributed by atoms with Gasteiger partial charge in [-0.05, 0) is 29.0 Å². The highest BCUT2D eigenvalue weighted by atomic mass is 32.1. The van der Waals surface area contributed by atoms with Gasteiger partial charge in [-0.1, -0.05) is 41.5 Å². The van der Waals surface area contributed by atoms with Gasteiger partial charge in [0, 0.05) is 28.5 Å². The van der Waals surface area contributed by atoms with Crippen LogP contribution >= 0.6 is 25.3 Å². The minimum atomic E-state index is -0.240. The largest absolute Gasteiger partial charge is 0.507 e. The average molecular weight is 432 g/mol. The molecule has 0 fully saturated rings. The molecular weight excluding hydrogens is 402 g/mol. The number of furan rings is 1. The number of aromatic hydroxyl groups is 1. The molecule has 29 heavy (non-hydrogen) atoms. The molecule has 0 bridgehead atoms. The number of hydrogen-bond acceptors (Lipinski definition) is 6. The summed E-state index contributed by atoms with van der Waals surface area (Å²) in [5.74, 6) is 2.77. The smallest absolute Gasteiger partial charge is 0.206 e. The summed E-state index contributed by atoms with van der Waals surface area (Å²) in [6.45, 7) is 12.5. The Labute approximate surface area is 183 Å². The molecule has 1 atom stereocenters. The molecule has 0 radical (unpaired) electrons. The monoisotopic (exact) mass is 431 g/mol. The van der Waals surface area contributed by atoms with Gasteiger partial charge in [-0.25, -0.2) is 4.57 Å². The van der Waals surface area contributed by atoms with E-state index in [1.807, 2.05) is 28.8 Å². The fraction of sp³-hybridized carbons (Fsp3) is 0.455. The van der Waals surface area contributed by atoms with Crippen molar-refractivity contribution in [2.45, 2.75) is 57.6 Å². The summed E-state index contributed by atoms with van der Waals surface area (Å²) in [5, 5.41) is 19.7. The number of hydrogen-bond donors (Lipinski definition) is 3. The minimum Gasteiger partial charge on any atom is -0.507 e. The van der Waals surface area contributed by atoms with Crippen LogP contribution < -0.4 is 0 Å². The Morgan fingerprint density at radius 2 is 1.66 bits per heavy atom. The van der Waals surface area contributed by atoms with Gasteiger partial charge in [0.2, 0.25) is 5.88 Å². The van der Waals surface area contributed by atoms with Gasteiger partial charge in [-0.2, -0.15) is 25.3 Å². The lowest BCUT2D eigenvalue weighted by molar-refractivity contribution is 0.423. The standard InChI is InChI=1S/C22H29N3O2S2/c1-21(2,3)14-10-13(11-15(18(14)26)22(4,5)6)19-23-24-20(16(29)12-28)25(19)17-8-7-9-27-17/h7-11,16,26,28-29H,12H2,1-6H3. The molecule has 0 saturated carbocycles. The maximum atomic E-state index is 11.0. The predicted octanol–water partition coefficient (Wildman–Crippen LogP) is 5.73. The van der Waals surface area contributed by atoms with Crippen molar-refractivity contribution < 1.29 is 9.52 Å². The molecule has 1 aromatic carbocycles. The van der Waals surface area contributed by atoms with Gasteiger partial charge >= 0.3 is 0 Å². The van der Waals surface area contributed by atoms with Crippen LogP contribution in [0.25, 0.3) is 17.3 Å². The van der Waals surface area contributed by atoms with Gasteiger partial charge in [0.05, 0.1) is 11.5 Å². The Morgan fingerprint density at radius 1 is 1.07 bits per heavy atom. The molecule has 0 aliphatic heterocycles. The summed E-state index contributed by atoms with van der Waals surface area (Å²) in [5.41, 5.74) is 2.12. The topological polar surface area (TPSA) is 64.1 Å². The maximum absolute atomic E-state index is 11.0. The highest BCUT2D eigenvalue weighted by Gasteiger charge is 2.29. The van der Waals surface area contributed by atoms with E-state index in [1.165, 1.54) is 0 Å². The molecule has 1 N–H and O–H groups in total. The zero-order valence-electron chi connectivity index (χ0n) is 17.8. The molecule has 3 rings (SSSR count). The van der Waals surface area contributed by atoms with Crippen molar-refractivity contribution in [3.8, 4) is 23.0 Å². The summed E-state index contributed by atoms with van der Waals surface area (Å²) in [7, 11) is 0. The van der Waals surface area contributed by atoms with Crippen LogP contribution in [0.2, 0.25) is 0 Å². The summed E-state index contributed by atoms with van der Waals surface area (Å²) in [4.78, 5) is 0. The van der Waals surface area contributed by atoms with Gasteiger partial charge in [0.1, 0.15) is 5.75 Å². The van der Waals surface area contributed by atoms with E-state index in [0.29, 0.717) is 29.0 Å². The first-order valence-corrected chi connectivity index (χ1v) is 10.8. The van der Waals surface area contributed by atoms with E-state index in [2.05, 4.69) is 77.0 Å². The molecule has 5 nitrogen and oxygen atoms in total. The van der Waals surface area contributed by atoms with Crippen molar-refractivity contribution in [3.63, 3.8) is 0 Å². The molecule has 7 heteroatoms. The molecule has 0 aliphatic carbocycles. The number of benzene rings is 1. The minimum absolute atomic E-state index is 0.203. The van der Waals surface area contributed by atoms with E-state index in [0.717, 1.165) is 16.7 Å². The predicted molar refractivity (Wildman–Crippen MR) is 124 cm³/mol. The summed E-state index contributed by atoms with van der Waals surface area (Å²) in [6, 6.07) is 7.68. The molecule has 3 aromatic rings. The van der Waals surface area contributed by atoms with Crippen LogP contribution in [0.15, 0.2) is 34.9 Å². The highest BCUT2D eigenvalue weighted by Crippen LogP contribution is 2.42. The molecule has 0 saturated heterocycles. The number of rotatable bonds is 4. The number of nitrogens with zero attached hydrogens (tertiary/aromatic N) is 3. The van der Waals surface area contributed by atoms with Crippen LogP contribution in [0.5, 0.6) is 5.75 Å². The molecule has 2 heterocycles. The summed E-state index contributed by atoms with van der Waals surface area (Å²) < 4.78 is 7.54. The van der Waals surface area contributed by atoms with Crippen LogP contribution in [-0.4, -0.2) is 25.6 Å². The Morgan fingerprint density at radius 3 is 2.10 bits per heavy atom. The van der Waals surface area contributed by atoms with Crippen LogP contribution in [0.4, 0.5) is 0 Å². The molecule has 156 valence electrons. The number of phenolic OH excluding ortho intramolecular Hbond substituents is 1. The molecule has 2 aromatic heterocycles. The third-order valence-corrected chi connectivity index (χ3v) is 5.94. The molecule has 0 aliphatic rings. The third kappa shape index (κ3) is 4.21. The molecule has 0 amide bonds. The van der Waals surface area contributed by atoms with Crippen LogP contribution in [0.3, 0.4) is 0 Å². The first-order chi connectivity index (χ1) is 13.4. The van der Waals surface area contributed by atoms with Gasteiger partial charge in [-0.15, -0.1) is 10.2 Å². The van der Waals surface area contributed by atoms with Crippen molar-refractivity contribution in [2.24, 2.45) is 0 Å². The van der Waals surface area contributed by atoms with E-state index in [9.17, 15) is 5.11 Å². The van der Waals surface area contributed by atoms with Crippen molar-refractivity contribution in [3.05, 3.63) is 47.5 Å². The van der Waals surface area contributed by atoms with E-state index in [1.54, 1.807) is 6.26 Å². The number of phenols is 1. The first kappa shape index (κ1) is 21.8. The second-order valence-electron chi connectivity index (χ2n) is 9.29. The Bertz CT molecular complexity index is 961. The van der Waals surface area contributed by atoms with Gasteiger partial charge in [0.15, 0.2) is 11.6 Å². The van der Waals surface area contributed by atoms with Crippen LogP contribution in [0.1, 0.15) is 63.7 Å². The van der Waals surface area contributed by atoms with E-state index in [4.69, 9.17) is 4.42 Å². The van der Waals surface area contributed by atoms with E-state index >= 15 is 0 Å². The van der Waals surface area contributed by atoms with Gasteiger partial charge in [-0.3, -0.25) is 0 Å². The van der Waals surface area contributed by atoms with Gasteiger partial charge in [0.25, 0.3) is 0 Å². The number of aromatic nitrogens is 3. The maximum Gasteiger partial charge on any atom is 0.206 e. The van der Waals surface area contributed by atoms with E-state index < -0.39 is 0 Å². The lowest BCUT2D eigenvalue weighted by Crippen LogP contribution is -2.17. The Kier molecular flexibility index (Phi) is 5.84. The molecular formula is C22H29N3O2S2. The lowest BCUT2D eigenvalue weighted by atomic mass is 9.78. The quantitative estimate of drug-likeness (QED) is 0.462. The third-order valence-electron chi connectivity index (χ3n) is 4.87. The lowest BCUT2D eigenvalue weighted by Gasteiger charge is -2.28. The van der Waals surface area contributed by atoms with Gasteiger partial charge < -0.3 is 9.52 Å². The Hall–Kier alpha value is -1.86. The van der Waals surface area contributed by atoms with Crippen LogP contribution in [0, 0.1) is 0 Å².